The Morgan fingerprint density at radius 2 is 1.77 bits per heavy atom. The molecular weight excluding hydrogens is 286 g/mol. The molecule has 1 aliphatic rings. The Morgan fingerprint density at radius 3 is 2.23 bits per heavy atom. The number of carbonyl (C=O) groups excluding carboxylic acids is 1. The first-order chi connectivity index (χ1) is 10.2. The zero-order chi connectivity index (χ0) is 16.5. The Balaban J connectivity index is 2.34. The van der Waals surface area contributed by atoms with Crippen LogP contribution in [-0.4, -0.2) is 32.5 Å². The molecule has 0 aliphatic carbocycles. The maximum absolute atomic E-state index is 12.0. The minimum absolute atomic E-state index is 0.427. The Morgan fingerprint density at radius 1 is 1.23 bits per heavy atom. The highest BCUT2D eigenvalue weighted by Crippen LogP contribution is 2.46. The van der Waals surface area contributed by atoms with Crippen molar-refractivity contribution in [2.24, 2.45) is 0 Å². The van der Waals surface area contributed by atoms with Crippen LogP contribution < -0.4 is 14.8 Å². The molecule has 6 nitrogen and oxygen atoms in total. The van der Waals surface area contributed by atoms with Crippen LogP contribution in [0.2, 0.25) is 0 Å². The van der Waals surface area contributed by atoms with Crippen molar-refractivity contribution in [1.82, 2.24) is 0 Å². The summed E-state index contributed by atoms with van der Waals surface area (Å²) in [6.45, 7) is 7.98. The van der Waals surface area contributed by atoms with E-state index in [0.29, 0.717) is 23.8 Å². The lowest BCUT2D eigenvalue weighted by atomic mass is 9.99. The van der Waals surface area contributed by atoms with Crippen molar-refractivity contribution in [1.29, 1.82) is 0 Å². The highest BCUT2D eigenvalue weighted by atomic mass is 16.6. The molecule has 0 spiro atoms. The normalized spacial score (nSPS) is 20.3. The van der Waals surface area contributed by atoms with Gasteiger partial charge in [-0.3, -0.25) is 5.32 Å². The summed E-state index contributed by atoms with van der Waals surface area (Å²) in [7, 11) is 3.11. The van der Waals surface area contributed by atoms with Gasteiger partial charge in [0.05, 0.1) is 26.5 Å². The fourth-order valence-corrected chi connectivity index (χ4v) is 2.10. The third kappa shape index (κ3) is 3.62. The van der Waals surface area contributed by atoms with Crippen molar-refractivity contribution in [2.75, 3.05) is 26.1 Å². The smallest absolute Gasteiger partial charge is 0.412 e. The van der Waals surface area contributed by atoms with Gasteiger partial charge in [0.15, 0.2) is 11.5 Å². The number of methoxy groups -OCH3 is 2. The lowest BCUT2D eigenvalue weighted by Crippen LogP contribution is -2.28. The van der Waals surface area contributed by atoms with Gasteiger partial charge >= 0.3 is 6.09 Å². The lowest BCUT2D eigenvalue weighted by Gasteiger charge is -2.22. The minimum atomic E-state index is -0.569. The highest BCUT2D eigenvalue weighted by Gasteiger charge is 2.44. The molecule has 1 aliphatic heterocycles. The van der Waals surface area contributed by atoms with Gasteiger partial charge in [-0.25, -0.2) is 4.79 Å². The number of hydrogen-bond donors (Lipinski definition) is 1. The van der Waals surface area contributed by atoms with E-state index in [1.54, 1.807) is 20.3 Å². The van der Waals surface area contributed by atoms with E-state index in [1.807, 2.05) is 33.8 Å². The fourth-order valence-electron chi connectivity index (χ4n) is 2.10. The zero-order valence-corrected chi connectivity index (χ0v) is 13.9. The van der Waals surface area contributed by atoms with Crippen LogP contribution in [0, 0.1) is 0 Å². The zero-order valence-electron chi connectivity index (χ0n) is 13.9. The van der Waals surface area contributed by atoms with E-state index < -0.39 is 17.3 Å². The summed E-state index contributed by atoms with van der Waals surface area (Å²) in [6.07, 6.45) is -0.523. The predicted molar refractivity (Wildman–Crippen MR) is 82.7 cm³/mol. The van der Waals surface area contributed by atoms with Gasteiger partial charge in [-0.2, -0.15) is 0 Å². The standard InChI is InChI=1S/C16H23NO5/c1-15(2,3)22-14(18)17-11-8-13(20-6)12(19-5)7-10(11)16(4)9-21-16/h7-8H,9H2,1-6H3,(H,17,18). The number of epoxide rings is 1. The summed E-state index contributed by atoms with van der Waals surface area (Å²) < 4.78 is 21.4. The highest BCUT2D eigenvalue weighted by molar-refractivity contribution is 5.87. The average molecular weight is 309 g/mol. The van der Waals surface area contributed by atoms with Gasteiger partial charge in [-0.1, -0.05) is 0 Å². The second-order valence-corrected chi connectivity index (χ2v) is 6.40. The number of amides is 1. The van der Waals surface area contributed by atoms with Crippen molar-refractivity contribution in [3.63, 3.8) is 0 Å². The Labute approximate surface area is 130 Å². The lowest BCUT2D eigenvalue weighted by molar-refractivity contribution is 0.0635. The van der Waals surface area contributed by atoms with Crippen molar-refractivity contribution in [3.05, 3.63) is 17.7 Å². The minimum Gasteiger partial charge on any atom is -0.493 e. The molecule has 1 aromatic carbocycles. The second-order valence-electron chi connectivity index (χ2n) is 6.40. The van der Waals surface area contributed by atoms with Crippen LogP contribution in [0.4, 0.5) is 10.5 Å². The number of hydrogen-bond acceptors (Lipinski definition) is 5. The third-order valence-electron chi connectivity index (χ3n) is 3.31. The monoisotopic (exact) mass is 309 g/mol. The van der Waals surface area contributed by atoms with Crippen molar-refractivity contribution < 1.29 is 23.7 Å². The van der Waals surface area contributed by atoms with Gasteiger partial charge in [-0.05, 0) is 33.8 Å². The van der Waals surface area contributed by atoms with Crippen LogP contribution in [-0.2, 0) is 15.1 Å². The molecule has 22 heavy (non-hydrogen) atoms. The van der Waals surface area contributed by atoms with Crippen LogP contribution >= 0.6 is 0 Å². The van der Waals surface area contributed by atoms with E-state index in [1.165, 1.54) is 0 Å². The Bertz CT molecular complexity index is 573. The molecule has 6 heteroatoms. The number of carbonyl (C=O) groups is 1. The van der Waals surface area contributed by atoms with Crippen molar-refractivity contribution >= 4 is 11.8 Å². The largest absolute Gasteiger partial charge is 0.493 e. The Kier molecular flexibility index (Phi) is 4.24. The SMILES string of the molecule is COc1cc(NC(=O)OC(C)(C)C)c(C2(C)CO2)cc1OC. The number of anilines is 1. The molecule has 1 fully saturated rings. The molecule has 0 aromatic heterocycles. The number of rotatable bonds is 4. The molecule has 1 heterocycles. The summed E-state index contributed by atoms with van der Waals surface area (Å²) in [5, 5.41) is 2.76. The van der Waals surface area contributed by atoms with E-state index in [9.17, 15) is 4.79 Å². The van der Waals surface area contributed by atoms with Gasteiger partial charge in [0.1, 0.15) is 11.2 Å². The average Bonchev–Trinajstić information content (AvgIpc) is 3.14. The van der Waals surface area contributed by atoms with Gasteiger partial charge in [0.2, 0.25) is 0 Å². The molecule has 1 unspecified atom stereocenters. The molecule has 1 saturated heterocycles. The van der Waals surface area contributed by atoms with Gasteiger partial charge in [0, 0.05) is 11.6 Å². The summed E-state index contributed by atoms with van der Waals surface area (Å²) >= 11 is 0. The summed E-state index contributed by atoms with van der Waals surface area (Å²) in [4.78, 5) is 12.0. The summed E-state index contributed by atoms with van der Waals surface area (Å²) in [5.74, 6) is 1.12. The Hall–Kier alpha value is -1.95. The first-order valence-corrected chi connectivity index (χ1v) is 7.09. The maximum atomic E-state index is 12.0. The molecule has 1 amide bonds. The molecule has 0 bridgehead atoms. The molecule has 0 saturated carbocycles. The van der Waals surface area contributed by atoms with Gasteiger partial charge in [-0.15, -0.1) is 0 Å². The number of ether oxygens (including phenoxy) is 4. The number of benzene rings is 1. The second kappa shape index (κ2) is 5.68. The predicted octanol–water partition coefficient (Wildman–Crippen LogP) is 3.30. The third-order valence-corrected chi connectivity index (χ3v) is 3.31. The van der Waals surface area contributed by atoms with E-state index >= 15 is 0 Å². The molecule has 1 N–H and O–H groups in total. The molecular formula is C16H23NO5. The summed E-state index contributed by atoms with van der Waals surface area (Å²) in [5.41, 5.74) is 0.424. The molecule has 1 aromatic rings. The fraction of sp³-hybridized carbons (Fsp3) is 0.562. The van der Waals surface area contributed by atoms with Gasteiger partial charge < -0.3 is 18.9 Å². The van der Waals surface area contributed by atoms with Crippen LogP contribution in [0.1, 0.15) is 33.3 Å². The first kappa shape index (κ1) is 16.4. The molecule has 122 valence electrons. The number of nitrogens with one attached hydrogen (secondary N) is 1. The maximum Gasteiger partial charge on any atom is 0.412 e. The van der Waals surface area contributed by atoms with Crippen molar-refractivity contribution in [2.45, 2.75) is 38.9 Å². The molecule has 0 radical (unpaired) electrons. The van der Waals surface area contributed by atoms with E-state index in [0.717, 1.165) is 5.56 Å². The molecule has 1 atom stereocenters. The van der Waals surface area contributed by atoms with Crippen LogP contribution in [0.3, 0.4) is 0 Å². The summed E-state index contributed by atoms with van der Waals surface area (Å²) in [6, 6.07) is 3.53. The van der Waals surface area contributed by atoms with Crippen molar-refractivity contribution in [3.8, 4) is 11.5 Å². The molecule has 2 rings (SSSR count). The van der Waals surface area contributed by atoms with E-state index in [4.69, 9.17) is 18.9 Å². The van der Waals surface area contributed by atoms with Crippen LogP contribution in [0.25, 0.3) is 0 Å². The van der Waals surface area contributed by atoms with Crippen LogP contribution in [0.15, 0.2) is 12.1 Å². The first-order valence-electron chi connectivity index (χ1n) is 7.09. The van der Waals surface area contributed by atoms with E-state index in [-0.39, 0.29) is 0 Å². The van der Waals surface area contributed by atoms with Gasteiger partial charge in [0.25, 0.3) is 0 Å². The quantitative estimate of drug-likeness (QED) is 0.864. The van der Waals surface area contributed by atoms with E-state index in [2.05, 4.69) is 5.32 Å². The topological polar surface area (TPSA) is 69.3 Å². The van der Waals surface area contributed by atoms with Crippen LogP contribution in [0.5, 0.6) is 11.5 Å².